The molecule has 2 aromatic rings. The Morgan fingerprint density at radius 2 is 1.85 bits per heavy atom. The molecule has 3 heterocycles. The van der Waals surface area contributed by atoms with Gasteiger partial charge in [-0.25, -0.2) is 0 Å². The van der Waals surface area contributed by atoms with Gasteiger partial charge >= 0.3 is 0 Å². The summed E-state index contributed by atoms with van der Waals surface area (Å²) >= 11 is 0. The molecule has 3 aliphatic heterocycles. The Morgan fingerprint density at radius 1 is 1.08 bits per heavy atom. The van der Waals surface area contributed by atoms with Crippen LogP contribution in [0.4, 0.5) is 5.69 Å². The van der Waals surface area contributed by atoms with Crippen molar-refractivity contribution in [3.8, 4) is 17.2 Å². The Balaban J connectivity index is 1.52. The van der Waals surface area contributed by atoms with Crippen LogP contribution in [0, 0.1) is 11.8 Å². The molecule has 0 bridgehead atoms. The summed E-state index contributed by atoms with van der Waals surface area (Å²) in [5, 5.41) is 0. The summed E-state index contributed by atoms with van der Waals surface area (Å²) in [6.07, 6.45) is 1.20. The third-order valence-electron chi connectivity index (χ3n) is 6.34. The Bertz CT molecular complexity index is 955. The van der Waals surface area contributed by atoms with Gasteiger partial charge in [0.15, 0.2) is 11.5 Å². The van der Waals surface area contributed by atoms with Gasteiger partial charge in [-0.05, 0) is 36.0 Å². The zero-order chi connectivity index (χ0) is 17.5. The molecule has 0 saturated heterocycles. The van der Waals surface area contributed by atoms with Gasteiger partial charge in [0.2, 0.25) is 12.7 Å². The van der Waals surface area contributed by atoms with Crippen LogP contribution in [-0.2, 0) is 10.2 Å². The molecule has 5 nitrogen and oxygen atoms in total. The average Bonchev–Trinajstić information content (AvgIpc) is 3.01. The van der Waals surface area contributed by atoms with E-state index in [2.05, 4.69) is 19.1 Å². The average molecular weight is 349 g/mol. The molecule has 2 aromatic carbocycles. The van der Waals surface area contributed by atoms with Crippen LogP contribution in [-0.4, -0.2) is 25.9 Å². The molecule has 1 spiro atoms. The number of benzene rings is 2. The molecule has 0 aromatic heterocycles. The molecule has 3 atom stereocenters. The Kier molecular flexibility index (Phi) is 2.63. The number of carbonyl (C=O) groups is 1. The van der Waals surface area contributed by atoms with E-state index in [1.165, 1.54) is 6.42 Å². The second kappa shape index (κ2) is 4.72. The van der Waals surface area contributed by atoms with Crippen LogP contribution in [0.1, 0.15) is 24.5 Å². The molecule has 3 unspecified atom stereocenters. The van der Waals surface area contributed by atoms with E-state index in [0.717, 1.165) is 29.1 Å². The van der Waals surface area contributed by atoms with Gasteiger partial charge in [-0.2, -0.15) is 0 Å². The molecule has 1 amide bonds. The second-order valence-corrected chi connectivity index (χ2v) is 7.80. The molecule has 0 N–H and O–H groups in total. The van der Waals surface area contributed by atoms with E-state index in [-0.39, 0.29) is 12.7 Å². The molecule has 26 heavy (non-hydrogen) atoms. The van der Waals surface area contributed by atoms with Crippen LogP contribution >= 0.6 is 0 Å². The molecule has 0 radical (unpaired) electrons. The maximum absolute atomic E-state index is 13.7. The molecular formula is C21H19NO4. The Morgan fingerprint density at radius 3 is 2.65 bits per heavy atom. The van der Waals surface area contributed by atoms with Gasteiger partial charge in [0, 0.05) is 23.9 Å². The number of carbonyl (C=O) groups excluding carboxylic acids is 1. The van der Waals surface area contributed by atoms with E-state index in [1.807, 2.05) is 29.2 Å². The molecule has 1 aliphatic carbocycles. The van der Waals surface area contributed by atoms with Crippen LogP contribution in [0.15, 0.2) is 36.4 Å². The van der Waals surface area contributed by atoms with Crippen LogP contribution < -0.4 is 19.1 Å². The summed E-state index contributed by atoms with van der Waals surface area (Å²) < 4.78 is 17.0. The molecule has 1 saturated carbocycles. The predicted molar refractivity (Wildman–Crippen MR) is 94.9 cm³/mol. The lowest BCUT2D eigenvalue weighted by molar-refractivity contribution is -0.122. The zero-order valence-electron chi connectivity index (χ0n) is 14.5. The van der Waals surface area contributed by atoms with Gasteiger partial charge in [-0.1, -0.05) is 25.1 Å². The molecule has 1 fully saturated rings. The first-order chi connectivity index (χ1) is 12.7. The fourth-order valence-corrected chi connectivity index (χ4v) is 4.63. The van der Waals surface area contributed by atoms with Gasteiger partial charge in [0.1, 0.15) is 17.8 Å². The smallest absolute Gasteiger partial charge is 0.245 e. The summed E-state index contributed by atoms with van der Waals surface area (Å²) in [7, 11) is 0. The van der Waals surface area contributed by atoms with E-state index >= 15 is 0 Å². The van der Waals surface area contributed by atoms with Gasteiger partial charge < -0.3 is 19.1 Å². The number of anilines is 1. The lowest BCUT2D eigenvalue weighted by Gasteiger charge is -2.23. The zero-order valence-corrected chi connectivity index (χ0v) is 14.5. The van der Waals surface area contributed by atoms with Crippen molar-refractivity contribution in [3.63, 3.8) is 0 Å². The van der Waals surface area contributed by atoms with E-state index < -0.39 is 5.41 Å². The van der Waals surface area contributed by atoms with Crippen molar-refractivity contribution in [2.45, 2.75) is 18.8 Å². The number of amides is 1. The fourth-order valence-electron chi connectivity index (χ4n) is 4.63. The number of hydrogen-bond donors (Lipinski definition) is 0. The second-order valence-electron chi connectivity index (χ2n) is 7.80. The van der Waals surface area contributed by atoms with Gasteiger partial charge in [-0.3, -0.25) is 4.79 Å². The summed E-state index contributed by atoms with van der Waals surface area (Å²) in [6, 6.07) is 11.9. The summed E-state index contributed by atoms with van der Waals surface area (Å²) in [5.41, 5.74) is 2.18. The van der Waals surface area contributed by atoms with Crippen LogP contribution in [0.3, 0.4) is 0 Å². The molecule has 132 valence electrons. The highest BCUT2D eigenvalue weighted by molar-refractivity contribution is 6.11. The van der Waals surface area contributed by atoms with E-state index in [1.54, 1.807) is 0 Å². The van der Waals surface area contributed by atoms with Crippen LogP contribution in [0.5, 0.6) is 17.2 Å². The van der Waals surface area contributed by atoms with E-state index in [4.69, 9.17) is 14.2 Å². The van der Waals surface area contributed by atoms with Crippen LogP contribution in [0.25, 0.3) is 0 Å². The number of rotatable bonds is 2. The van der Waals surface area contributed by atoms with E-state index in [0.29, 0.717) is 29.9 Å². The number of ether oxygens (including phenoxy) is 3. The van der Waals surface area contributed by atoms with Gasteiger partial charge in [-0.15, -0.1) is 0 Å². The maximum Gasteiger partial charge on any atom is 0.245 e. The van der Waals surface area contributed by atoms with Crippen molar-refractivity contribution in [3.05, 3.63) is 47.5 Å². The fraction of sp³-hybridized carbons (Fsp3) is 0.381. The lowest BCUT2D eigenvalue weighted by atomic mass is 9.77. The third kappa shape index (κ3) is 1.68. The molecule has 6 rings (SSSR count). The number of hydrogen-bond acceptors (Lipinski definition) is 4. The first kappa shape index (κ1) is 14.5. The minimum atomic E-state index is -0.773. The topological polar surface area (TPSA) is 48.0 Å². The van der Waals surface area contributed by atoms with Crippen molar-refractivity contribution in [1.82, 2.24) is 0 Å². The summed E-state index contributed by atoms with van der Waals surface area (Å²) in [5.74, 6) is 3.51. The maximum atomic E-state index is 13.7. The van der Waals surface area contributed by atoms with Gasteiger partial charge in [0.05, 0.1) is 0 Å². The van der Waals surface area contributed by atoms with Crippen LogP contribution in [0.2, 0.25) is 0 Å². The van der Waals surface area contributed by atoms with E-state index in [9.17, 15) is 4.79 Å². The lowest BCUT2D eigenvalue weighted by Crippen LogP contribution is -2.43. The highest BCUT2D eigenvalue weighted by atomic mass is 16.7. The number of para-hydroxylation sites is 1. The highest BCUT2D eigenvalue weighted by Gasteiger charge is 2.58. The first-order valence-corrected chi connectivity index (χ1v) is 9.17. The normalized spacial score (nSPS) is 29.7. The minimum absolute atomic E-state index is 0.121. The predicted octanol–water partition coefficient (Wildman–Crippen LogP) is 3.10. The van der Waals surface area contributed by atoms with Crippen molar-refractivity contribution in [2.75, 3.05) is 24.8 Å². The molecular weight excluding hydrogens is 330 g/mol. The Hall–Kier alpha value is -2.69. The van der Waals surface area contributed by atoms with Gasteiger partial charge in [0.25, 0.3) is 0 Å². The van der Waals surface area contributed by atoms with Crippen molar-refractivity contribution >= 4 is 11.6 Å². The Labute approximate surface area is 151 Å². The first-order valence-electron chi connectivity index (χ1n) is 9.17. The third-order valence-corrected chi connectivity index (χ3v) is 6.34. The number of nitrogens with zero attached hydrogens (tertiary/aromatic N) is 1. The number of fused-ring (bicyclic) bond motifs is 5. The van der Waals surface area contributed by atoms with Crippen molar-refractivity contribution in [2.24, 2.45) is 11.8 Å². The van der Waals surface area contributed by atoms with Crippen molar-refractivity contribution < 1.29 is 19.0 Å². The summed E-state index contributed by atoms with van der Waals surface area (Å²) in [6.45, 7) is 3.58. The monoisotopic (exact) mass is 349 g/mol. The highest BCUT2D eigenvalue weighted by Crippen LogP contribution is 2.55. The molecule has 4 aliphatic rings. The quantitative estimate of drug-likeness (QED) is 0.836. The van der Waals surface area contributed by atoms with Crippen molar-refractivity contribution in [1.29, 1.82) is 0 Å². The largest absolute Gasteiger partial charge is 0.491 e. The minimum Gasteiger partial charge on any atom is -0.491 e. The SMILES string of the molecule is CC1CC1CN1C(=O)C2(COc3cc4c(cc32)OCO4)c2ccccc21. The summed E-state index contributed by atoms with van der Waals surface area (Å²) in [4.78, 5) is 15.7. The molecule has 5 heteroatoms. The standard InChI is InChI=1S/C21H19NO4/c1-12-6-13(12)9-22-16-5-3-2-4-14(16)21(20(22)23)10-24-17-8-19-18(7-15(17)21)25-11-26-19/h2-5,7-8,12-13H,6,9-11H2,1H3.